The molecule has 2 aliphatic rings. The first-order valence-electron chi connectivity index (χ1n) is 10.1. The number of benzene rings is 1. The van der Waals surface area contributed by atoms with Gasteiger partial charge in [-0.3, -0.25) is 9.69 Å². The molecule has 3 rings (SSSR count). The number of piperidine rings is 1. The summed E-state index contributed by atoms with van der Waals surface area (Å²) >= 11 is 0. The minimum Gasteiger partial charge on any atom is -0.336 e. The zero-order valence-corrected chi connectivity index (χ0v) is 16.5. The molecule has 27 heavy (non-hydrogen) atoms. The highest BCUT2D eigenvalue weighted by Crippen LogP contribution is 2.30. The average molecular weight is 373 g/mol. The lowest BCUT2D eigenvalue weighted by molar-refractivity contribution is -0.117. The summed E-state index contributed by atoms with van der Waals surface area (Å²) in [5.74, 6) is 0.306. The lowest BCUT2D eigenvalue weighted by atomic mass is 9.98. The van der Waals surface area contributed by atoms with Crippen molar-refractivity contribution in [3.05, 3.63) is 29.8 Å². The Balaban J connectivity index is 1.38. The molecule has 1 aliphatic heterocycles. The maximum Gasteiger partial charge on any atom is 0.315 e. The summed E-state index contributed by atoms with van der Waals surface area (Å²) in [6.07, 6.45) is 5.79. The van der Waals surface area contributed by atoms with Gasteiger partial charge in [-0.15, -0.1) is 0 Å². The minimum atomic E-state index is -0.147. The van der Waals surface area contributed by atoms with Crippen LogP contribution >= 0.6 is 0 Å². The summed E-state index contributed by atoms with van der Waals surface area (Å²) in [6.45, 7) is 7.69. The number of hydrogen-bond acceptors (Lipinski definition) is 3. The second-order valence-corrected chi connectivity index (χ2v) is 8.36. The Kier molecular flexibility index (Phi) is 6.37. The molecule has 0 unspecified atom stereocenters. The van der Waals surface area contributed by atoms with E-state index in [0.29, 0.717) is 13.1 Å². The molecule has 0 bridgehead atoms. The third-order valence-corrected chi connectivity index (χ3v) is 5.52. The molecule has 3 N–H and O–H groups in total. The lowest BCUT2D eigenvalue weighted by Crippen LogP contribution is -2.54. The van der Waals surface area contributed by atoms with E-state index in [0.717, 1.165) is 37.2 Å². The fraction of sp³-hybridized carbons (Fsp3) is 0.619. The molecule has 0 atom stereocenters. The monoisotopic (exact) mass is 372 g/mol. The number of nitrogens with one attached hydrogen (secondary N) is 3. The van der Waals surface area contributed by atoms with Crippen LogP contribution in [0.5, 0.6) is 0 Å². The number of anilines is 1. The van der Waals surface area contributed by atoms with Crippen molar-refractivity contribution in [1.82, 2.24) is 15.5 Å². The molecule has 0 spiro atoms. The molecule has 3 amide bonds. The Morgan fingerprint density at radius 2 is 1.70 bits per heavy atom. The van der Waals surface area contributed by atoms with Gasteiger partial charge in [-0.25, -0.2) is 4.79 Å². The van der Waals surface area contributed by atoms with Gasteiger partial charge >= 0.3 is 6.03 Å². The molecule has 1 aromatic carbocycles. The first kappa shape index (κ1) is 19.7. The zero-order chi connectivity index (χ0) is 19.3. The lowest BCUT2D eigenvalue weighted by Gasteiger charge is -2.41. The normalized spacial score (nSPS) is 18.0. The summed E-state index contributed by atoms with van der Waals surface area (Å²) in [5, 5.41) is 8.83. The molecule has 2 fully saturated rings. The minimum absolute atomic E-state index is 0.0286. The van der Waals surface area contributed by atoms with E-state index >= 15 is 0 Å². The van der Waals surface area contributed by atoms with Gasteiger partial charge in [-0.2, -0.15) is 0 Å². The van der Waals surface area contributed by atoms with E-state index in [1.165, 1.54) is 19.3 Å². The zero-order valence-electron chi connectivity index (χ0n) is 16.5. The van der Waals surface area contributed by atoms with Crippen molar-refractivity contribution in [3.63, 3.8) is 0 Å². The first-order chi connectivity index (χ1) is 12.9. The van der Waals surface area contributed by atoms with E-state index in [1.54, 1.807) is 0 Å². The molecule has 0 aromatic heterocycles. The summed E-state index contributed by atoms with van der Waals surface area (Å²) in [5.41, 5.74) is 1.78. The van der Waals surface area contributed by atoms with Gasteiger partial charge in [0.05, 0.1) is 0 Å². The summed E-state index contributed by atoms with van der Waals surface area (Å²) < 4.78 is 0. The van der Waals surface area contributed by atoms with Gasteiger partial charge < -0.3 is 16.0 Å². The molecule has 6 heteroatoms. The second kappa shape index (κ2) is 8.74. The van der Waals surface area contributed by atoms with E-state index in [-0.39, 0.29) is 23.4 Å². The molecule has 1 saturated carbocycles. The third kappa shape index (κ3) is 5.96. The summed E-state index contributed by atoms with van der Waals surface area (Å²) in [7, 11) is 0. The van der Waals surface area contributed by atoms with Gasteiger partial charge in [0.25, 0.3) is 0 Å². The molecule has 6 nitrogen and oxygen atoms in total. The Morgan fingerprint density at radius 1 is 1.04 bits per heavy atom. The van der Waals surface area contributed by atoms with Gasteiger partial charge in [0, 0.05) is 30.2 Å². The van der Waals surface area contributed by atoms with E-state index in [4.69, 9.17) is 0 Å². The number of rotatable bonds is 7. The van der Waals surface area contributed by atoms with Crippen LogP contribution in [0.2, 0.25) is 0 Å². The molecule has 148 valence electrons. The van der Waals surface area contributed by atoms with Gasteiger partial charge in [-0.05, 0) is 70.3 Å². The molecule has 1 aliphatic carbocycles. The molecule has 1 saturated heterocycles. The second-order valence-electron chi connectivity index (χ2n) is 8.36. The summed E-state index contributed by atoms with van der Waals surface area (Å²) in [6, 6.07) is 7.48. The first-order valence-corrected chi connectivity index (χ1v) is 10.1. The largest absolute Gasteiger partial charge is 0.336 e. The Morgan fingerprint density at radius 3 is 2.33 bits per heavy atom. The van der Waals surface area contributed by atoms with E-state index in [9.17, 15) is 9.59 Å². The topological polar surface area (TPSA) is 73.5 Å². The number of likely N-dealkylation sites (tertiary alicyclic amines) is 1. The van der Waals surface area contributed by atoms with Crippen LogP contribution in [-0.4, -0.2) is 42.0 Å². The van der Waals surface area contributed by atoms with Crippen molar-refractivity contribution in [3.8, 4) is 0 Å². The fourth-order valence-electron chi connectivity index (χ4n) is 3.45. The van der Waals surface area contributed by atoms with Crippen LogP contribution in [0, 0.1) is 5.92 Å². The van der Waals surface area contributed by atoms with E-state index in [2.05, 4.69) is 34.7 Å². The van der Waals surface area contributed by atoms with E-state index < -0.39 is 0 Å². The highest BCUT2D eigenvalue weighted by molar-refractivity contribution is 5.94. The van der Waals surface area contributed by atoms with Crippen LogP contribution in [-0.2, 0) is 11.3 Å². The Bertz CT molecular complexity index is 647. The average Bonchev–Trinajstić information content (AvgIpc) is 3.52. The highest BCUT2D eigenvalue weighted by Gasteiger charge is 2.29. The molecular formula is C21H32N4O2. The van der Waals surface area contributed by atoms with Crippen LogP contribution in [0.15, 0.2) is 24.3 Å². The van der Waals surface area contributed by atoms with Crippen LogP contribution in [0.3, 0.4) is 0 Å². The molecule has 1 aromatic rings. The quantitative estimate of drug-likeness (QED) is 0.689. The van der Waals surface area contributed by atoms with Crippen molar-refractivity contribution in [2.75, 3.05) is 25.0 Å². The molecule has 1 heterocycles. The smallest absolute Gasteiger partial charge is 0.315 e. The van der Waals surface area contributed by atoms with Crippen molar-refractivity contribution in [1.29, 1.82) is 0 Å². The van der Waals surface area contributed by atoms with Crippen molar-refractivity contribution < 1.29 is 9.59 Å². The summed E-state index contributed by atoms with van der Waals surface area (Å²) in [4.78, 5) is 26.4. The van der Waals surface area contributed by atoms with Gasteiger partial charge in [0.1, 0.15) is 0 Å². The van der Waals surface area contributed by atoms with Crippen molar-refractivity contribution in [2.45, 2.75) is 58.0 Å². The number of urea groups is 1. The standard InChI is InChI=1S/C21H32N4O2/c1-21(2,25-12-4-3-5-13-25)15-23-20(27)22-14-16-6-10-18(11-7-16)24-19(26)17-8-9-17/h6-7,10-11,17H,3-5,8-9,12-15H2,1-2H3,(H,24,26)(H2,22,23,27). The fourth-order valence-corrected chi connectivity index (χ4v) is 3.45. The van der Waals surface area contributed by atoms with Gasteiger partial charge in [0.15, 0.2) is 0 Å². The van der Waals surface area contributed by atoms with Crippen molar-refractivity contribution >= 4 is 17.6 Å². The Hall–Kier alpha value is -2.08. The maximum atomic E-state index is 12.1. The molecular weight excluding hydrogens is 340 g/mol. The maximum absolute atomic E-state index is 12.1. The van der Waals surface area contributed by atoms with Gasteiger partial charge in [0.2, 0.25) is 5.91 Å². The van der Waals surface area contributed by atoms with Crippen LogP contribution in [0.25, 0.3) is 0 Å². The van der Waals surface area contributed by atoms with Crippen LogP contribution in [0.4, 0.5) is 10.5 Å². The SMILES string of the molecule is CC(C)(CNC(=O)NCc1ccc(NC(=O)C2CC2)cc1)N1CCCCC1. The predicted octanol–water partition coefficient (Wildman–Crippen LogP) is 3.10. The van der Waals surface area contributed by atoms with Crippen LogP contribution < -0.4 is 16.0 Å². The number of carbonyl (C=O) groups is 2. The van der Waals surface area contributed by atoms with Gasteiger partial charge in [-0.1, -0.05) is 18.6 Å². The predicted molar refractivity (Wildman–Crippen MR) is 108 cm³/mol. The number of carbonyl (C=O) groups excluding carboxylic acids is 2. The van der Waals surface area contributed by atoms with Crippen molar-refractivity contribution in [2.24, 2.45) is 5.92 Å². The van der Waals surface area contributed by atoms with Crippen LogP contribution in [0.1, 0.15) is 51.5 Å². The van der Waals surface area contributed by atoms with E-state index in [1.807, 2.05) is 24.3 Å². The number of nitrogens with zero attached hydrogens (tertiary/aromatic N) is 1. The molecule has 0 radical (unpaired) electrons. The number of hydrogen-bond donors (Lipinski definition) is 3. The highest BCUT2D eigenvalue weighted by atomic mass is 16.2. The Labute approximate surface area is 162 Å². The third-order valence-electron chi connectivity index (χ3n) is 5.52. The number of amides is 3.